The van der Waals surface area contributed by atoms with E-state index in [1.807, 2.05) is 0 Å². The molecular formula is C19H12BrClF6N4OS. The highest BCUT2D eigenvalue weighted by Gasteiger charge is 2.48. The van der Waals surface area contributed by atoms with Gasteiger partial charge in [-0.25, -0.2) is 4.68 Å². The molecule has 2 aromatic heterocycles. The van der Waals surface area contributed by atoms with Crippen LogP contribution >= 0.6 is 38.9 Å². The van der Waals surface area contributed by atoms with Gasteiger partial charge in [0.05, 0.1) is 26.8 Å². The number of thiophene rings is 1. The minimum Gasteiger partial charge on any atom is -0.362 e. The number of carbonyl (C=O) groups excluding carboxylic acids is 1. The molecule has 3 heterocycles. The average Bonchev–Trinajstić information content (AvgIpc) is 3.36. The Labute approximate surface area is 199 Å². The minimum atomic E-state index is -4.68. The Hall–Kier alpha value is -2.25. The molecule has 0 saturated carbocycles. The van der Waals surface area contributed by atoms with Crippen LogP contribution in [0.4, 0.5) is 37.8 Å². The third-order valence-corrected chi connectivity index (χ3v) is 7.01. The Kier molecular flexibility index (Phi) is 6.16. The van der Waals surface area contributed by atoms with Crippen LogP contribution in [-0.2, 0) is 6.18 Å². The first-order chi connectivity index (χ1) is 15.4. The van der Waals surface area contributed by atoms with Crippen LogP contribution < -0.4 is 10.6 Å². The van der Waals surface area contributed by atoms with E-state index in [1.165, 1.54) is 11.3 Å². The zero-order valence-corrected chi connectivity index (χ0v) is 19.2. The standard InChI is InChI=1S/C19H12BrClF6N4OS/c20-14-15(17(32)29-10-6-8(18(22,23)24)3-4-9(10)21)30-31-13(19(25,26)27)7-11(28-16(14)31)12-2-1-5-33-12/h1-6,11,13,28H,7H2,(H,29,32)/t11-,13-/m1/s1. The maximum atomic E-state index is 13.8. The van der Waals surface area contributed by atoms with Crippen LogP contribution in [0.5, 0.6) is 0 Å². The first-order valence-electron chi connectivity index (χ1n) is 9.19. The van der Waals surface area contributed by atoms with Crippen molar-refractivity contribution in [3.8, 4) is 0 Å². The second-order valence-electron chi connectivity index (χ2n) is 7.11. The Morgan fingerprint density at radius 1 is 1.24 bits per heavy atom. The predicted molar refractivity (Wildman–Crippen MR) is 115 cm³/mol. The van der Waals surface area contributed by atoms with Gasteiger partial charge in [-0.2, -0.15) is 31.4 Å². The summed E-state index contributed by atoms with van der Waals surface area (Å²) in [4.78, 5) is 13.4. The lowest BCUT2D eigenvalue weighted by Gasteiger charge is -2.33. The molecule has 0 saturated heterocycles. The molecule has 33 heavy (non-hydrogen) atoms. The largest absolute Gasteiger partial charge is 0.416 e. The molecule has 1 aromatic carbocycles. The van der Waals surface area contributed by atoms with Gasteiger partial charge in [-0.15, -0.1) is 11.3 Å². The number of amides is 1. The second kappa shape index (κ2) is 8.51. The molecule has 5 nitrogen and oxygen atoms in total. The van der Waals surface area contributed by atoms with Crippen molar-refractivity contribution in [2.75, 3.05) is 10.6 Å². The minimum absolute atomic E-state index is 0.0568. The fraction of sp³-hybridized carbons (Fsp3) is 0.263. The van der Waals surface area contributed by atoms with Crippen molar-refractivity contribution in [1.29, 1.82) is 0 Å². The van der Waals surface area contributed by atoms with Crippen molar-refractivity contribution in [3.63, 3.8) is 0 Å². The Morgan fingerprint density at radius 2 is 1.97 bits per heavy atom. The highest BCUT2D eigenvalue weighted by molar-refractivity contribution is 9.10. The van der Waals surface area contributed by atoms with E-state index in [-0.39, 0.29) is 27.4 Å². The van der Waals surface area contributed by atoms with Crippen LogP contribution in [0.3, 0.4) is 0 Å². The van der Waals surface area contributed by atoms with Gasteiger partial charge >= 0.3 is 12.4 Å². The monoisotopic (exact) mass is 572 g/mol. The predicted octanol–water partition coefficient (Wildman–Crippen LogP) is 7.29. The smallest absolute Gasteiger partial charge is 0.362 e. The van der Waals surface area contributed by atoms with Gasteiger partial charge in [0.2, 0.25) is 0 Å². The van der Waals surface area contributed by atoms with Crippen LogP contribution in [0.2, 0.25) is 5.02 Å². The van der Waals surface area contributed by atoms with E-state index in [0.29, 0.717) is 15.6 Å². The summed E-state index contributed by atoms with van der Waals surface area (Å²) in [6.07, 6.45) is -9.69. The molecule has 14 heteroatoms. The molecule has 2 atom stereocenters. The molecule has 0 aliphatic carbocycles. The summed E-state index contributed by atoms with van der Waals surface area (Å²) in [5.41, 5.74) is -1.85. The van der Waals surface area contributed by atoms with Crippen molar-refractivity contribution in [2.24, 2.45) is 0 Å². The number of hydrogen-bond donors (Lipinski definition) is 2. The van der Waals surface area contributed by atoms with Gasteiger partial charge in [-0.05, 0) is 45.6 Å². The molecule has 1 aliphatic rings. The molecule has 1 amide bonds. The number of rotatable bonds is 3. The third-order valence-electron chi connectivity index (χ3n) is 4.94. The number of halogens is 8. The summed E-state index contributed by atoms with van der Waals surface area (Å²) in [5.74, 6) is -1.09. The Morgan fingerprint density at radius 3 is 2.58 bits per heavy atom. The van der Waals surface area contributed by atoms with E-state index < -0.39 is 41.6 Å². The molecule has 4 rings (SSSR count). The van der Waals surface area contributed by atoms with Crippen molar-refractivity contribution in [1.82, 2.24) is 9.78 Å². The van der Waals surface area contributed by atoms with E-state index in [1.54, 1.807) is 17.5 Å². The summed E-state index contributed by atoms with van der Waals surface area (Å²) >= 11 is 10.3. The van der Waals surface area contributed by atoms with E-state index >= 15 is 0 Å². The summed E-state index contributed by atoms with van der Waals surface area (Å²) in [7, 11) is 0. The lowest BCUT2D eigenvalue weighted by atomic mass is 10.0. The molecule has 1 aliphatic heterocycles. The van der Waals surface area contributed by atoms with Gasteiger partial charge < -0.3 is 10.6 Å². The highest BCUT2D eigenvalue weighted by atomic mass is 79.9. The fourth-order valence-electron chi connectivity index (χ4n) is 3.39. The summed E-state index contributed by atoms with van der Waals surface area (Å²) < 4.78 is 81.0. The SMILES string of the molecule is O=C(Nc1cc(C(F)(F)F)ccc1Cl)c1nn2c(c1Br)N[C@@H](c1cccs1)C[C@@H]2C(F)(F)F. The summed E-state index contributed by atoms with van der Waals surface area (Å²) in [5, 5.41) is 10.5. The normalized spacial score (nSPS) is 18.5. The van der Waals surface area contributed by atoms with Crippen molar-refractivity contribution in [2.45, 2.75) is 30.9 Å². The fourth-order valence-corrected chi connectivity index (χ4v) is 4.90. The molecule has 3 aromatic rings. The van der Waals surface area contributed by atoms with Gasteiger partial charge in [-0.3, -0.25) is 4.79 Å². The van der Waals surface area contributed by atoms with Gasteiger partial charge in [0.15, 0.2) is 11.7 Å². The first-order valence-corrected chi connectivity index (χ1v) is 11.2. The molecule has 0 unspecified atom stereocenters. The molecule has 0 spiro atoms. The first kappa shape index (κ1) is 23.9. The number of benzene rings is 1. The van der Waals surface area contributed by atoms with Crippen LogP contribution in [0.15, 0.2) is 40.2 Å². The molecule has 0 radical (unpaired) electrons. The number of hydrogen-bond acceptors (Lipinski definition) is 4. The number of aromatic nitrogens is 2. The van der Waals surface area contributed by atoms with Crippen LogP contribution in [0.1, 0.15) is 39.4 Å². The number of nitrogens with zero attached hydrogens (tertiary/aromatic N) is 2. The zero-order chi connectivity index (χ0) is 24.1. The van der Waals surface area contributed by atoms with Crippen LogP contribution in [0.25, 0.3) is 0 Å². The van der Waals surface area contributed by atoms with E-state index in [0.717, 1.165) is 12.1 Å². The van der Waals surface area contributed by atoms with Crippen LogP contribution in [-0.4, -0.2) is 21.9 Å². The third kappa shape index (κ3) is 4.71. The van der Waals surface area contributed by atoms with Gasteiger partial charge in [0.25, 0.3) is 5.91 Å². The lowest BCUT2D eigenvalue weighted by molar-refractivity contribution is -0.173. The van der Waals surface area contributed by atoms with Crippen molar-refractivity contribution in [3.05, 3.63) is 61.3 Å². The number of alkyl halides is 6. The molecular weight excluding hydrogens is 562 g/mol. The summed E-state index contributed by atoms with van der Waals surface area (Å²) in [6, 6.07) is 3.04. The quantitative estimate of drug-likeness (QED) is 0.324. The van der Waals surface area contributed by atoms with Crippen molar-refractivity contribution >= 4 is 56.3 Å². The van der Waals surface area contributed by atoms with E-state index in [4.69, 9.17) is 11.6 Å². The number of nitrogens with one attached hydrogen (secondary N) is 2. The molecule has 2 N–H and O–H groups in total. The maximum absolute atomic E-state index is 13.8. The average molecular weight is 574 g/mol. The number of anilines is 2. The van der Waals surface area contributed by atoms with Gasteiger partial charge in [-0.1, -0.05) is 17.7 Å². The second-order valence-corrected chi connectivity index (χ2v) is 9.29. The molecule has 176 valence electrons. The van der Waals surface area contributed by atoms with E-state index in [2.05, 4.69) is 31.7 Å². The lowest BCUT2D eigenvalue weighted by Crippen LogP contribution is -2.35. The van der Waals surface area contributed by atoms with E-state index in [9.17, 15) is 31.1 Å². The molecule has 0 bridgehead atoms. The Balaban J connectivity index is 1.69. The van der Waals surface area contributed by atoms with Gasteiger partial charge in [0.1, 0.15) is 5.82 Å². The zero-order valence-electron chi connectivity index (χ0n) is 16.1. The maximum Gasteiger partial charge on any atom is 0.416 e. The van der Waals surface area contributed by atoms with Gasteiger partial charge in [0, 0.05) is 11.3 Å². The summed E-state index contributed by atoms with van der Waals surface area (Å²) in [6.45, 7) is 0. The topological polar surface area (TPSA) is 59.0 Å². The molecule has 0 fully saturated rings. The van der Waals surface area contributed by atoms with Crippen molar-refractivity contribution < 1.29 is 31.1 Å². The number of fused-ring (bicyclic) bond motifs is 1. The number of carbonyl (C=O) groups is 1. The highest BCUT2D eigenvalue weighted by Crippen LogP contribution is 2.47. The Bertz CT molecular complexity index is 1190. The van der Waals surface area contributed by atoms with Crippen LogP contribution in [0, 0.1) is 0 Å².